The topological polar surface area (TPSA) is 33.6 Å². The maximum atomic E-state index is 5.97. The maximum Gasteiger partial charge on any atom is 0.184 e. The minimum Gasteiger partial charge on any atom is -0.329 e. The van der Waals surface area contributed by atoms with E-state index in [1.54, 1.807) is 0 Å². The van der Waals surface area contributed by atoms with Crippen molar-refractivity contribution in [1.29, 1.82) is 0 Å². The van der Waals surface area contributed by atoms with E-state index in [9.17, 15) is 0 Å². The molecule has 0 aliphatic heterocycles. The number of fused-ring (bicyclic) bond motifs is 1. The van der Waals surface area contributed by atoms with Gasteiger partial charge in [-0.25, -0.2) is 4.98 Å². The largest absolute Gasteiger partial charge is 0.329 e. The standard InChI is InChI=1S/C13H9BrClN3S/c1-7-2-4-10-12(16-7)18(13(19)17-10)11-5-3-8(15)6-9(11)14/h2-6H,1H3,(H,17,19). The van der Waals surface area contributed by atoms with E-state index in [1.165, 1.54) is 0 Å². The number of H-pyrrole nitrogens is 1. The Hall–Kier alpha value is -1.17. The van der Waals surface area contributed by atoms with Gasteiger partial charge in [-0.3, -0.25) is 4.57 Å². The number of aryl methyl sites for hydroxylation is 1. The van der Waals surface area contributed by atoms with Crippen molar-refractivity contribution in [2.45, 2.75) is 6.92 Å². The molecule has 3 rings (SSSR count). The average molecular weight is 355 g/mol. The summed E-state index contributed by atoms with van der Waals surface area (Å²) < 4.78 is 3.38. The highest BCUT2D eigenvalue weighted by Crippen LogP contribution is 2.27. The molecule has 19 heavy (non-hydrogen) atoms. The van der Waals surface area contributed by atoms with Crippen LogP contribution >= 0.6 is 39.7 Å². The molecule has 0 radical (unpaired) electrons. The normalized spacial score (nSPS) is 11.1. The third-order valence-electron chi connectivity index (χ3n) is 2.82. The molecule has 1 N–H and O–H groups in total. The first kappa shape index (κ1) is 12.8. The molecule has 0 amide bonds. The van der Waals surface area contributed by atoms with Gasteiger partial charge in [0.2, 0.25) is 0 Å². The van der Waals surface area contributed by atoms with Gasteiger partial charge in [0.1, 0.15) is 0 Å². The van der Waals surface area contributed by atoms with Crippen LogP contribution in [0.3, 0.4) is 0 Å². The molecule has 0 saturated heterocycles. The summed E-state index contributed by atoms with van der Waals surface area (Å²) in [6.07, 6.45) is 0. The lowest BCUT2D eigenvalue weighted by molar-refractivity contribution is 1.03. The first-order valence-corrected chi connectivity index (χ1v) is 7.18. The van der Waals surface area contributed by atoms with Gasteiger partial charge in [0, 0.05) is 15.2 Å². The maximum absolute atomic E-state index is 5.97. The molecule has 3 aromatic rings. The van der Waals surface area contributed by atoms with E-state index < -0.39 is 0 Å². The van der Waals surface area contributed by atoms with Gasteiger partial charge in [0.25, 0.3) is 0 Å². The lowest BCUT2D eigenvalue weighted by Crippen LogP contribution is -1.97. The molecule has 2 aromatic heterocycles. The number of rotatable bonds is 1. The number of aromatic nitrogens is 3. The Labute approximate surface area is 128 Å². The van der Waals surface area contributed by atoms with Gasteiger partial charge in [-0.2, -0.15) is 0 Å². The van der Waals surface area contributed by atoms with Crippen molar-refractivity contribution >= 4 is 50.9 Å². The summed E-state index contributed by atoms with van der Waals surface area (Å²) in [7, 11) is 0. The lowest BCUT2D eigenvalue weighted by Gasteiger charge is -2.07. The number of benzene rings is 1. The summed E-state index contributed by atoms with van der Waals surface area (Å²) in [5.74, 6) is 0. The SMILES string of the molecule is Cc1ccc2[nH]c(=S)n(-c3ccc(Cl)cc3Br)c2n1. The van der Waals surface area contributed by atoms with Crippen molar-refractivity contribution in [3.05, 3.63) is 50.3 Å². The van der Waals surface area contributed by atoms with Crippen LogP contribution in [0.1, 0.15) is 5.69 Å². The molecular formula is C13H9BrClN3S. The second kappa shape index (κ2) is 4.74. The Bertz CT molecular complexity index is 838. The molecule has 0 bridgehead atoms. The Morgan fingerprint density at radius 1 is 1.32 bits per heavy atom. The first-order valence-electron chi connectivity index (χ1n) is 5.60. The molecule has 2 heterocycles. The highest BCUT2D eigenvalue weighted by atomic mass is 79.9. The number of aromatic amines is 1. The highest BCUT2D eigenvalue weighted by molar-refractivity contribution is 9.10. The predicted molar refractivity (Wildman–Crippen MR) is 83.7 cm³/mol. The van der Waals surface area contributed by atoms with E-state index >= 15 is 0 Å². The summed E-state index contributed by atoms with van der Waals surface area (Å²) in [5, 5.41) is 0.672. The second-order valence-corrected chi connectivity index (χ2v) is 5.86. The molecule has 0 unspecified atom stereocenters. The summed E-state index contributed by atoms with van der Waals surface area (Å²) >= 11 is 14.9. The second-order valence-electron chi connectivity index (χ2n) is 4.19. The summed E-state index contributed by atoms with van der Waals surface area (Å²) in [6.45, 7) is 1.96. The van der Waals surface area contributed by atoms with Gasteiger partial charge in [0.15, 0.2) is 10.4 Å². The zero-order valence-electron chi connectivity index (χ0n) is 9.95. The lowest BCUT2D eigenvalue weighted by atomic mass is 10.3. The molecule has 0 aliphatic carbocycles. The van der Waals surface area contributed by atoms with Crippen molar-refractivity contribution in [2.75, 3.05) is 0 Å². The number of imidazole rings is 1. The van der Waals surface area contributed by atoms with Gasteiger partial charge in [0.05, 0.1) is 11.2 Å². The van der Waals surface area contributed by atoms with Crippen molar-refractivity contribution in [3.63, 3.8) is 0 Å². The smallest absolute Gasteiger partial charge is 0.184 e. The van der Waals surface area contributed by atoms with Crippen LogP contribution in [0.2, 0.25) is 5.02 Å². The first-order chi connectivity index (χ1) is 9.06. The zero-order valence-corrected chi connectivity index (χ0v) is 13.1. The van der Waals surface area contributed by atoms with E-state index in [1.807, 2.05) is 41.8 Å². The number of hydrogen-bond acceptors (Lipinski definition) is 2. The van der Waals surface area contributed by atoms with Crippen molar-refractivity contribution in [3.8, 4) is 5.69 Å². The molecule has 96 valence electrons. The van der Waals surface area contributed by atoms with E-state index in [4.69, 9.17) is 23.8 Å². The van der Waals surface area contributed by atoms with Gasteiger partial charge in [-0.15, -0.1) is 0 Å². The minimum atomic E-state index is 0.608. The van der Waals surface area contributed by atoms with Gasteiger partial charge in [-0.1, -0.05) is 11.6 Å². The molecule has 0 spiro atoms. The van der Waals surface area contributed by atoms with Crippen LogP contribution in [0.4, 0.5) is 0 Å². The molecule has 6 heteroatoms. The fourth-order valence-electron chi connectivity index (χ4n) is 1.96. The quantitative estimate of drug-likeness (QED) is 0.636. The number of nitrogens with one attached hydrogen (secondary N) is 1. The van der Waals surface area contributed by atoms with E-state index in [0.29, 0.717) is 9.79 Å². The Morgan fingerprint density at radius 3 is 2.84 bits per heavy atom. The van der Waals surface area contributed by atoms with Crippen molar-refractivity contribution in [1.82, 2.24) is 14.5 Å². The zero-order chi connectivity index (χ0) is 13.6. The van der Waals surface area contributed by atoms with Crippen LogP contribution in [0.5, 0.6) is 0 Å². The molecule has 0 fully saturated rings. The van der Waals surface area contributed by atoms with Crippen LogP contribution in [0.15, 0.2) is 34.8 Å². The van der Waals surface area contributed by atoms with E-state index in [2.05, 4.69) is 25.9 Å². The Balaban J connectivity index is 2.38. The monoisotopic (exact) mass is 353 g/mol. The molecule has 0 saturated carbocycles. The third-order valence-corrected chi connectivity index (χ3v) is 3.98. The fourth-order valence-corrected chi connectivity index (χ4v) is 3.12. The fraction of sp³-hybridized carbons (Fsp3) is 0.0769. The number of pyridine rings is 1. The van der Waals surface area contributed by atoms with Gasteiger partial charge < -0.3 is 4.98 Å². The van der Waals surface area contributed by atoms with Crippen LogP contribution < -0.4 is 0 Å². The highest BCUT2D eigenvalue weighted by Gasteiger charge is 2.11. The summed E-state index contributed by atoms with van der Waals surface area (Å²) in [6, 6.07) is 9.52. The molecule has 0 aliphatic rings. The van der Waals surface area contributed by atoms with Crippen LogP contribution in [0, 0.1) is 11.7 Å². The Morgan fingerprint density at radius 2 is 2.11 bits per heavy atom. The molecule has 1 aromatic carbocycles. The summed E-state index contributed by atoms with van der Waals surface area (Å²) in [5.41, 5.74) is 3.59. The summed E-state index contributed by atoms with van der Waals surface area (Å²) in [4.78, 5) is 7.70. The van der Waals surface area contributed by atoms with Gasteiger partial charge in [-0.05, 0) is 65.4 Å². The van der Waals surface area contributed by atoms with Crippen LogP contribution in [-0.4, -0.2) is 14.5 Å². The number of halogens is 2. The number of nitrogens with zero attached hydrogens (tertiary/aromatic N) is 2. The molecule has 3 nitrogen and oxygen atoms in total. The molecular weight excluding hydrogens is 346 g/mol. The predicted octanol–water partition coefficient (Wildman–Crippen LogP) is 4.81. The van der Waals surface area contributed by atoms with Crippen molar-refractivity contribution in [2.24, 2.45) is 0 Å². The van der Waals surface area contributed by atoms with Crippen molar-refractivity contribution < 1.29 is 0 Å². The third kappa shape index (κ3) is 2.22. The average Bonchev–Trinajstić information content (AvgIpc) is 2.65. The molecule has 0 atom stereocenters. The minimum absolute atomic E-state index is 0.608. The Kier molecular flexibility index (Phi) is 3.20. The van der Waals surface area contributed by atoms with Crippen LogP contribution in [0.25, 0.3) is 16.9 Å². The van der Waals surface area contributed by atoms with Gasteiger partial charge >= 0.3 is 0 Å². The van der Waals surface area contributed by atoms with Crippen LogP contribution in [-0.2, 0) is 0 Å². The number of hydrogen-bond donors (Lipinski definition) is 1. The van der Waals surface area contributed by atoms with E-state index in [0.717, 1.165) is 27.0 Å². The van der Waals surface area contributed by atoms with E-state index in [-0.39, 0.29) is 0 Å².